The third-order valence-corrected chi connectivity index (χ3v) is 4.99. The van der Waals surface area contributed by atoms with E-state index in [0.717, 1.165) is 37.2 Å². The van der Waals surface area contributed by atoms with Gasteiger partial charge in [-0.1, -0.05) is 18.2 Å². The van der Waals surface area contributed by atoms with Crippen LogP contribution in [0.1, 0.15) is 28.9 Å². The van der Waals surface area contributed by atoms with Gasteiger partial charge in [-0.15, -0.1) is 0 Å². The average molecular weight is 295 g/mol. The molecule has 1 aromatic heterocycles. The molecule has 1 unspecified atom stereocenters. The van der Waals surface area contributed by atoms with E-state index in [1.165, 1.54) is 22.3 Å². The summed E-state index contributed by atoms with van der Waals surface area (Å²) in [6, 6.07) is 6.60. The number of benzene rings is 1. The fraction of sp³-hybridized carbons (Fsp3) is 0.412. The third-order valence-electron chi connectivity index (χ3n) is 4.99. The number of nitrogens with one attached hydrogen (secondary N) is 2. The lowest BCUT2D eigenvalue weighted by atomic mass is 9.76. The molecule has 1 spiro atoms. The van der Waals surface area contributed by atoms with E-state index in [-0.39, 0.29) is 5.54 Å². The van der Waals surface area contributed by atoms with Gasteiger partial charge in [0.05, 0.1) is 11.2 Å². The Morgan fingerprint density at radius 2 is 2.14 bits per heavy atom. The van der Waals surface area contributed by atoms with Gasteiger partial charge in [-0.3, -0.25) is 5.10 Å². The van der Waals surface area contributed by atoms with Gasteiger partial charge in [0.15, 0.2) is 5.96 Å². The van der Waals surface area contributed by atoms with Gasteiger partial charge in [0, 0.05) is 24.2 Å². The molecule has 1 aliphatic carbocycles. The molecule has 1 aromatic carbocycles. The topological polar surface area (TPSA) is 79.1 Å². The summed E-state index contributed by atoms with van der Waals surface area (Å²) in [5.41, 5.74) is 13.3. The van der Waals surface area contributed by atoms with Crippen molar-refractivity contribution < 1.29 is 0 Å². The molecule has 0 fully saturated rings. The highest BCUT2D eigenvalue weighted by molar-refractivity contribution is 5.81. The maximum Gasteiger partial charge on any atom is 0.189 e. The van der Waals surface area contributed by atoms with Crippen molar-refractivity contribution in [3.63, 3.8) is 0 Å². The molecule has 0 amide bonds. The van der Waals surface area contributed by atoms with E-state index >= 15 is 0 Å². The molecule has 5 nitrogen and oxygen atoms in total. The van der Waals surface area contributed by atoms with Gasteiger partial charge in [-0.25, -0.2) is 4.99 Å². The number of hydrogen-bond acceptors (Lipinski definition) is 4. The number of fused-ring (bicyclic) bond motifs is 1. The molecule has 22 heavy (non-hydrogen) atoms. The second kappa shape index (κ2) is 4.60. The van der Waals surface area contributed by atoms with Crippen molar-refractivity contribution in [3.05, 3.63) is 40.7 Å². The van der Waals surface area contributed by atoms with E-state index in [2.05, 4.69) is 47.6 Å². The Kier molecular flexibility index (Phi) is 2.79. The minimum atomic E-state index is -0.0707. The largest absolute Gasteiger partial charge is 0.370 e. The summed E-state index contributed by atoms with van der Waals surface area (Å²) in [5, 5.41) is 10.7. The summed E-state index contributed by atoms with van der Waals surface area (Å²) in [7, 11) is 0. The van der Waals surface area contributed by atoms with E-state index in [4.69, 9.17) is 10.7 Å². The molecular formula is C17H21N5. The minimum Gasteiger partial charge on any atom is -0.370 e. The van der Waals surface area contributed by atoms with Crippen LogP contribution in [-0.2, 0) is 12.8 Å². The predicted molar refractivity (Wildman–Crippen MR) is 87.9 cm³/mol. The minimum absolute atomic E-state index is 0.0707. The molecule has 5 heteroatoms. The van der Waals surface area contributed by atoms with Gasteiger partial charge in [-0.05, 0) is 43.4 Å². The zero-order chi connectivity index (χ0) is 15.3. The van der Waals surface area contributed by atoms with Crippen LogP contribution in [0.5, 0.6) is 0 Å². The molecule has 0 saturated carbocycles. The first kappa shape index (κ1) is 13.4. The summed E-state index contributed by atoms with van der Waals surface area (Å²) in [6.45, 7) is 4.99. The Hall–Kier alpha value is -2.30. The van der Waals surface area contributed by atoms with Gasteiger partial charge in [0.25, 0.3) is 0 Å². The molecule has 2 heterocycles. The van der Waals surface area contributed by atoms with Crippen molar-refractivity contribution in [2.75, 3.05) is 6.54 Å². The lowest BCUT2D eigenvalue weighted by molar-refractivity contribution is 0.395. The smallest absolute Gasteiger partial charge is 0.189 e. The van der Waals surface area contributed by atoms with Crippen LogP contribution in [0.3, 0.4) is 0 Å². The van der Waals surface area contributed by atoms with Crippen LogP contribution in [0.25, 0.3) is 11.1 Å². The highest BCUT2D eigenvalue weighted by atomic mass is 15.2. The number of H-pyrrole nitrogens is 1. The first-order valence-electron chi connectivity index (χ1n) is 7.80. The van der Waals surface area contributed by atoms with Gasteiger partial charge < -0.3 is 11.1 Å². The molecule has 4 N–H and O–H groups in total. The first-order chi connectivity index (χ1) is 10.6. The summed E-state index contributed by atoms with van der Waals surface area (Å²) < 4.78 is 0. The van der Waals surface area contributed by atoms with Crippen molar-refractivity contribution >= 4 is 5.96 Å². The number of rotatable bonds is 1. The maximum atomic E-state index is 5.86. The Labute approximate surface area is 130 Å². The Balaban J connectivity index is 1.85. The molecular weight excluding hydrogens is 274 g/mol. The van der Waals surface area contributed by atoms with Crippen LogP contribution in [0.2, 0.25) is 0 Å². The van der Waals surface area contributed by atoms with E-state index in [1.54, 1.807) is 0 Å². The fourth-order valence-corrected chi connectivity index (χ4v) is 3.88. The van der Waals surface area contributed by atoms with Gasteiger partial charge >= 0.3 is 0 Å². The van der Waals surface area contributed by atoms with Gasteiger partial charge in [-0.2, -0.15) is 5.10 Å². The standard InChI is InChI=1S/C17H21N5/c1-10-15(11(2)22-21-10)13-5-3-4-12-6-7-17(8-14(12)13)9-19-16(18)20-17/h3-5H,6-9H2,1-2H3,(H,21,22)(H3,18,19,20). The lowest BCUT2D eigenvalue weighted by Crippen LogP contribution is -2.39. The Morgan fingerprint density at radius 3 is 2.82 bits per heavy atom. The molecule has 114 valence electrons. The van der Waals surface area contributed by atoms with Crippen LogP contribution >= 0.6 is 0 Å². The lowest BCUT2D eigenvalue weighted by Gasteiger charge is -2.32. The van der Waals surface area contributed by atoms with Crippen LogP contribution < -0.4 is 11.1 Å². The first-order valence-corrected chi connectivity index (χ1v) is 7.80. The normalized spacial score (nSPS) is 23.3. The second-order valence-corrected chi connectivity index (χ2v) is 6.50. The number of nitrogens with two attached hydrogens (primary N) is 1. The Morgan fingerprint density at radius 1 is 1.27 bits per heavy atom. The molecule has 2 aliphatic rings. The molecule has 0 saturated heterocycles. The van der Waals surface area contributed by atoms with Gasteiger partial charge in [0.2, 0.25) is 0 Å². The molecule has 0 radical (unpaired) electrons. The predicted octanol–water partition coefficient (Wildman–Crippen LogP) is 1.84. The summed E-state index contributed by atoms with van der Waals surface area (Å²) in [6.07, 6.45) is 3.05. The average Bonchev–Trinajstić information content (AvgIpc) is 3.02. The molecule has 4 rings (SSSR count). The van der Waals surface area contributed by atoms with Gasteiger partial charge in [0.1, 0.15) is 0 Å². The van der Waals surface area contributed by atoms with E-state index in [9.17, 15) is 0 Å². The van der Waals surface area contributed by atoms with Crippen molar-refractivity contribution in [2.45, 2.75) is 38.6 Å². The monoisotopic (exact) mass is 295 g/mol. The number of aromatic amines is 1. The van der Waals surface area contributed by atoms with E-state index in [0.29, 0.717) is 5.96 Å². The van der Waals surface area contributed by atoms with Crippen molar-refractivity contribution in [3.8, 4) is 11.1 Å². The SMILES string of the molecule is Cc1n[nH]c(C)c1-c1cccc2c1CC1(CC2)CNC(N)=N1. The Bertz CT molecular complexity index is 754. The van der Waals surface area contributed by atoms with Crippen molar-refractivity contribution in [2.24, 2.45) is 10.7 Å². The van der Waals surface area contributed by atoms with E-state index in [1.807, 2.05) is 0 Å². The molecule has 0 bridgehead atoms. The van der Waals surface area contributed by atoms with Crippen LogP contribution in [-0.4, -0.2) is 28.2 Å². The number of nitrogens with zero attached hydrogens (tertiary/aromatic N) is 2. The van der Waals surface area contributed by atoms with Crippen LogP contribution in [0.4, 0.5) is 0 Å². The van der Waals surface area contributed by atoms with E-state index < -0.39 is 0 Å². The molecule has 1 atom stereocenters. The fourth-order valence-electron chi connectivity index (χ4n) is 3.88. The maximum absolute atomic E-state index is 5.86. The highest BCUT2D eigenvalue weighted by Gasteiger charge is 2.38. The summed E-state index contributed by atoms with van der Waals surface area (Å²) in [5.74, 6) is 0.580. The molecule has 1 aliphatic heterocycles. The zero-order valence-electron chi connectivity index (χ0n) is 13.0. The van der Waals surface area contributed by atoms with Crippen LogP contribution in [0.15, 0.2) is 23.2 Å². The quantitative estimate of drug-likeness (QED) is 0.751. The number of hydrogen-bond donors (Lipinski definition) is 3. The second-order valence-electron chi connectivity index (χ2n) is 6.50. The summed E-state index contributed by atoms with van der Waals surface area (Å²) in [4.78, 5) is 4.71. The zero-order valence-corrected chi connectivity index (χ0v) is 13.0. The number of aromatic nitrogens is 2. The number of aryl methyl sites for hydroxylation is 3. The number of aliphatic imine (C=N–C) groups is 1. The summed E-state index contributed by atoms with van der Waals surface area (Å²) >= 11 is 0. The molecule has 2 aromatic rings. The van der Waals surface area contributed by atoms with Crippen molar-refractivity contribution in [1.29, 1.82) is 0 Å². The van der Waals surface area contributed by atoms with Crippen LogP contribution in [0, 0.1) is 13.8 Å². The highest BCUT2D eigenvalue weighted by Crippen LogP contribution is 2.39. The number of guanidine groups is 1. The third kappa shape index (κ3) is 1.92. The van der Waals surface area contributed by atoms with Crippen molar-refractivity contribution in [1.82, 2.24) is 15.5 Å².